The predicted octanol–water partition coefficient (Wildman–Crippen LogP) is 2.35. The Bertz CT molecular complexity index is 764. The van der Waals surface area contributed by atoms with E-state index in [1.807, 2.05) is 6.92 Å². The number of aromatic nitrogens is 1. The molecule has 1 aromatic carbocycles. The number of rotatable bonds is 5. The minimum atomic E-state index is -3.43. The van der Waals surface area contributed by atoms with Crippen LogP contribution in [0.1, 0.15) is 28.5 Å². The summed E-state index contributed by atoms with van der Waals surface area (Å²) in [6, 6.07) is 6.21. The van der Waals surface area contributed by atoms with Crippen LogP contribution in [0.5, 0.6) is 0 Å². The third-order valence-electron chi connectivity index (χ3n) is 3.22. The molecule has 118 valence electrons. The Morgan fingerprint density at radius 3 is 2.45 bits per heavy atom. The Hall–Kier alpha value is -1.73. The van der Waals surface area contributed by atoms with E-state index in [0.29, 0.717) is 11.3 Å². The topological polar surface area (TPSA) is 76.1 Å². The molecule has 1 N–H and O–H groups in total. The summed E-state index contributed by atoms with van der Waals surface area (Å²) in [6.45, 7) is 5.33. The minimum Gasteiger partial charge on any atom is -0.348 e. The molecule has 0 aliphatic carbocycles. The van der Waals surface area contributed by atoms with E-state index in [-0.39, 0.29) is 16.6 Å². The number of aryl methyl sites for hydroxylation is 2. The molecule has 0 bridgehead atoms. The fourth-order valence-electron chi connectivity index (χ4n) is 2.02. The van der Waals surface area contributed by atoms with E-state index in [9.17, 15) is 13.2 Å². The molecule has 0 spiro atoms. The zero-order chi connectivity index (χ0) is 16.3. The predicted molar refractivity (Wildman–Crippen MR) is 87.0 cm³/mol. The number of carbonyl (C=O) groups excluding carboxylic acids is 1. The van der Waals surface area contributed by atoms with Crippen molar-refractivity contribution in [3.63, 3.8) is 0 Å². The van der Waals surface area contributed by atoms with Gasteiger partial charge in [-0.1, -0.05) is 17.7 Å². The van der Waals surface area contributed by atoms with E-state index < -0.39 is 15.9 Å². The van der Waals surface area contributed by atoms with Crippen molar-refractivity contribution in [2.75, 3.05) is 5.75 Å². The SMILES string of the molecule is Cc1ccc(S(=O)(=O)C[C@H](C)NC(=O)c2csnc2C)cc1. The Balaban J connectivity index is 2.05. The quantitative estimate of drug-likeness (QED) is 0.908. The molecule has 1 heterocycles. The van der Waals surface area contributed by atoms with Crippen LogP contribution in [0.15, 0.2) is 34.5 Å². The van der Waals surface area contributed by atoms with E-state index in [1.54, 1.807) is 43.5 Å². The van der Waals surface area contributed by atoms with Crippen LogP contribution in [0.2, 0.25) is 0 Å². The number of carbonyl (C=O) groups is 1. The highest BCUT2D eigenvalue weighted by Gasteiger charge is 2.21. The molecule has 0 aliphatic rings. The Morgan fingerprint density at radius 1 is 1.27 bits per heavy atom. The molecule has 0 saturated heterocycles. The first kappa shape index (κ1) is 16.6. The van der Waals surface area contributed by atoms with Gasteiger partial charge in [-0.25, -0.2) is 8.42 Å². The standard InChI is InChI=1S/C15H18N2O3S2/c1-10-4-6-13(7-5-10)22(19,20)9-11(2)16-15(18)14-8-21-17-12(14)3/h4-8,11H,9H2,1-3H3,(H,16,18)/t11-/m0/s1. The lowest BCUT2D eigenvalue weighted by Crippen LogP contribution is -2.37. The second-order valence-electron chi connectivity index (χ2n) is 5.28. The summed E-state index contributed by atoms with van der Waals surface area (Å²) in [5.74, 6) is -0.434. The molecule has 0 fully saturated rings. The Morgan fingerprint density at radius 2 is 1.91 bits per heavy atom. The fraction of sp³-hybridized carbons (Fsp3) is 0.333. The highest BCUT2D eigenvalue weighted by Crippen LogP contribution is 2.14. The van der Waals surface area contributed by atoms with Crippen molar-refractivity contribution in [3.8, 4) is 0 Å². The average molecular weight is 338 g/mol. The summed E-state index contributed by atoms with van der Waals surface area (Å²) >= 11 is 1.20. The van der Waals surface area contributed by atoms with Crippen LogP contribution in [-0.4, -0.2) is 30.5 Å². The summed E-state index contributed by atoms with van der Waals surface area (Å²) in [4.78, 5) is 12.3. The summed E-state index contributed by atoms with van der Waals surface area (Å²) in [5.41, 5.74) is 2.14. The zero-order valence-electron chi connectivity index (χ0n) is 12.7. The van der Waals surface area contributed by atoms with Gasteiger partial charge in [-0.15, -0.1) is 0 Å². The first-order chi connectivity index (χ1) is 10.3. The van der Waals surface area contributed by atoms with Gasteiger partial charge in [0.1, 0.15) is 0 Å². The first-order valence-corrected chi connectivity index (χ1v) is 9.30. The maximum Gasteiger partial charge on any atom is 0.254 e. The van der Waals surface area contributed by atoms with Gasteiger partial charge in [0, 0.05) is 11.4 Å². The number of nitrogens with zero attached hydrogens (tertiary/aromatic N) is 1. The van der Waals surface area contributed by atoms with E-state index in [1.165, 1.54) is 11.5 Å². The van der Waals surface area contributed by atoms with Crippen LogP contribution in [0.4, 0.5) is 0 Å². The molecule has 2 rings (SSSR count). The molecule has 0 radical (unpaired) electrons. The Labute approximate surface area is 134 Å². The fourth-order valence-corrected chi connectivity index (χ4v) is 4.20. The normalized spacial score (nSPS) is 12.9. The Kier molecular flexibility index (Phi) is 4.97. The second kappa shape index (κ2) is 6.58. The van der Waals surface area contributed by atoms with Crippen molar-refractivity contribution >= 4 is 27.3 Å². The molecule has 1 aromatic heterocycles. The van der Waals surface area contributed by atoms with Crippen molar-refractivity contribution < 1.29 is 13.2 Å². The van der Waals surface area contributed by atoms with E-state index in [2.05, 4.69) is 9.69 Å². The molecule has 1 atom stereocenters. The van der Waals surface area contributed by atoms with Crippen LogP contribution < -0.4 is 5.32 Å². The maximum atomic E-state index is 12.3. The van der Waals surface area contributed by atoms with Gasteiger partial charge in [0.05, 0.1) is 21.9 Å². The minimum absolute atomic E-state index is 0.140. The van der Waals surface area contributed by atoms with Gasteiger partial charge in [-0.3, -0.25) is 4.79 Å². The van der Waals surface area contributed by atoms with E-state index in [0.717, 1.165) is 5.56 Å². The monoisotopic (exact) mass is 338 g/mol. The maximum absolute atomic E-state index is 12.3. The van der Waals surface area contributed by atoms with Gasteiger partial charge in [0.25, 0.3) is 5.91 Å². The highest BCUT2D eigenvalue weighted by molar-refractivity contribution is 7.91. The summed E-state index contributed by atoms with van der Waals surface area (Å²) in [6.07, 6.45) is 0. The van der Waals surface area contributed by atoms with Crippen LogP contribution in [0.25, 0.3) is 0 Å². The van der Waals surface area contributed by atoms with Gasteiger partial charge in [0.15, 0.2) is 9.84 Å². The molecule has 7 heteroatoms. The number of hydrogen-bond acceptors (Lipinski definition) is 5. The van der Waals surface area contributed by atoms with Gasteiger partial charge >= 0.3 is 0 Å². The third-order valence-corrected chi connectivity index (χ3v) is 5.87. The van der Waals surface area contributed by atoms with Gasteiger partial charge < -0.3 is 5.32 Å². The molecule has 5 nitrogen and oxygen atoms in total. The van der Waals surface area contributed by atoms with Crippen molar-refractivity contribution in [3.05, 3.63) is 46.5 Å². The lowest BCUT2D eigenvalue weighted by Gasteiger charge is -2.14. The first-order valence-electron chi connectivity index (χ1n) is 6.81. The van der Waals surface area contributed by atoms with Crippen molar-refractivity contribution in [1.82, 2.24) is 9.69 Å². The van der Waals surface area contributed by atoms with Gasteiger partial charge in [-0.05, 0) is 44.4 Å². The molecule has 0 aliphatic heterocycles. The highest BCUT2D eigenvalue weighted by atomic mass is 32.2. The number of benzene rings is 1. The van der Waals surface area contributed by atoms with Gasteiger partial charge in [0.2, 0.25) is 0 Å². The lowest BCUT2D eigenvalue weighted by atomic mass is 10.2. The summed E-state index contributed by atoms with van der Waals surface area (Å²) < 4.78 is 28.7. The van der Waals surface area contributed by atoms with Crippen molar-refractivity contribution in [2.45, 2.75) is 31.7 Å². The number of sulfone groups is 1. The van der Waals surface area contributed by atoms with Crippen LogP contribution >= 0.6 is 11.5 Å². The van der Waals surface area contributed by atoms with Crippen LogP contribution in [0.3, 0.4) is 0 Å². The molecule has 2 aromatic rings. The molecule has 22 heavy (non-hydrogen) atoms. The molecular weight excluding hydrogens is 320 g/mol. The number of amides is 1. The number of hydrogen-bond donors (Lipinski definition) is 1. The van der Waals surface area contributed by atoms with Crippen molar-refractivity contribution in [2.24, 2.45) is 0 Å². The second-order valence-corrected chi connectivity index (χ2v) is 7.95. The lowest BCUT2D eigenvalue weighted by molar-refractivity contribution is 0.0943. The van der Waals surface area contributed by atoms with Crippen LogP contribution in [0, 0.1) is 13.8 Å². The summed E-state index contributed by atoms with van der Waals surface area (Å²) in [5, 5.41) is 4.37. The van der Waals surface area contributed by atoms with Crippen LogP contribution in [-0.2, 0) is 9.84 Å². The average Bonchev–Trinajstić information content (AvgIpc) is 2.84. The molecular formula is C15H18N2O3S2. The summed E-state index contributed by atoms with van der Waals surface area (Å²) in [7, 11) is -3.43. The van der Waals surface area contributed by atoms with Gasteiger partial charge in [-0.2, -0.15) is 4.37 Å². The van der Waals surface area contributed by atoms with E-state index >= 15 is 0 Å². The van der Waals surface area contributed by atoms with E-state index in [4.69, 9.17) is 0 Å². The molecule has 1 amide bonds. The van der Waals surface area contributed by atoms with Crippen molar-refractivity contribution in [1.29, 1.82) is 0 Å². The molecule has 0 saturated carbocycles. The zero-order valence-corrected chi connectivity index (χ0v) is 14.3. The number of nitrogens with one attached hydrogen (secondary N) is 1. The third kappa shape index (κ3) is 3.92. The smallest absolute Gasteiger partial charge is 0.254 e. The molecule has 0 unspecified atom stereocenters. The largest absolute Gasteiger partial charge is 0.348 e.